The molecule has 0 radical (unpaired) electrons. The second kappa shape index (κ2) is 8.66. The second-order valence-electron chi connectivity index (χ2n) is 7.43. The fourth-order valence-corrected chi connectivity index (χ4v) is 4.43. The predicted molar refractivity (Wildman–Crippen MR) is 114 cm³/mol. The Morgan fingerprint density at radius 3 is 2.68 bits per heavy atom. The van der Waals surface area contributed by atoms with E-state index in [-0.39, 0.29) is 23.5 Å². The van der Waals surface area contributed by atoms with Gasteiger partial charge in [0, 0.05) is 24.4 Å². The average Bonchev–Trinajstić information content (AvgIpc) is 3.27. The standard InChI is InChI=1S/C21H23N3O6S/c1-13-20(25)24-18-11-15(6-9-19(18)30-13)23-21(26)14-4-7-17(8-5-14)31(27,28)22-12-16-3-2-10-29-16/h4-9,11,13,16,22H,2-3,10,12H2,1H3,(H,23,26)(H,24,25)/t13-,16-/m0/s1. The molecule has 0 spiro atoms. The van der Waals surface area contributed by atoms with Gasteiger partial charge in [-0.2, -0.15) is 0 Å². The van der Waals surface area contributed by atoms with Crippen LogP contribution in [0.1, 0.15) is 30.1 Å². The first-order valence-corrected chi connectivity index (χ1v) is 11.4. The third-order valence-electron chi connectivity index (χ3n) is 5.12. The molecule has 2 aliphatic heterocycles. The Balaban J connectivity index is 1.40. The first-order chi connectivity index (χ1) is 14.8. The van der Waals surface area contributed by atoms with Crippen molar-refractivity contribution in [1.29, 1.82) is 0 Å². The zero-order chi connectivity index (χ0) is 22.0. The van der Waals surface area contributed by atoms with E-state index in [4.69, 9.17) is 9.47 Å². The number of nitrogens with one attached hydrogen (secondary N) is 3. The van der Waals surface area contributed by atoms with Gasteiger partial charge in [-0.15, -0.1) is 0 Å². The first kappa shape index (κ1) is 21.3. The van der Waals surface area contributed by atoms with Gasteiger partial charge >= 0.3 is 0 Å². The third-order valence-corrected chi connectivity index (χ3v) is 6.56. The highest BCUT2D eigenvalue weighted by Gasteiger charge is 2.24. The number of rotatable bonds is 6. The SMILES string of the molecule is C[C@@H]1Oc2ccc(NC(=O)c3ccc(S(=O)(=O)NC[C@@H]4CCCO4)cc3)cc2NC1=O. The molecule has 0 aromatic heterocycles. The van der Waals surface area contributed by atoms with E-state index in [1.54, 1.807) is 25.1 Å². The van der Waals surface area contributed by atoms with Crippen molar-refractivity contribution in [1.82, 2.24) is 4.72 Å². The van der Waals surface area contributed by atoms with Crippen LogP contribution < -0.4 is 20.1 Å². The molecule has 2 aliphatic rings. The number of fused-ring (bicyclic) bond motifs is 1. The number of anilines is 2. The van der Waals surface area contributed by atoms with E-state index in [1.165, 1.54) is 24.3 Å². The summed E-state index contributed by atoms with van der Waals surface area (Å²) in [5.74, 6) is -0.149. The van der Waals surface area contributed by atoms with E-state index < -0.39 is 22.0 Å². The number of hydrogen-bond donors (Lipinski definition) is 3. The van der Waals surface area contributed by atoms with Gasteiger partial charge < -0.3 is 20.1 Å². The van der Waals surface area contributed by atoms with Crippen LogP contribution in [-0.4, -0.2) is 45.6 Å². The molecule has 9 nitrogen and oxygen atoms in total. The molecule has 2 aromatic carbocycles. The number of benzene rings is 2. The fourth-order valence-electron chi connectivity index (χ4n) is 3.37. The van der Waals surface area contributed by atoms with Crippen LogP contribution in [0.5, 0.6) is 5.75 Å². The number of carbonyl (C=O) groups is 2. The van der Waals surface area contributed by atoms with Crippen LogP contribution in [0.2, 0.25) is 0 Å². The molecule has 0 bridgehead atoms. The quantitative estimate of drug-likeness (QED) is 0.626. The molecule has 2 heterocycles. The minimum Gasteiger partial charge on any atom is -0.479 e. The van der Waals surface area contributed by atoms with E-state index in [0.29, 0.717) is 29.3 Å². The molecule has 4 rings (SSSR count). The molecule has 164 valence electrons. The maximum absolute atomic E-state index is 12.5. The van der Waals surface area contributed by atoms with Gasteiger partial charge in [0.1, 0.15) is 5.75 Å². The van der Waals surface area contributed by atoms with Crippen molar-refractivity contribution in [3.63, 3.8) is 0 Å². The molecule has 2 amide bonds. The van der Waals surface area contributed by atoms with Crippen LogP contribution in [0.4, 0.5) is 11.4 Å². The lowest BCUT2D eigenvalue weighted by Crippen LogP contribution is -2.34. The second-order valence-corrected chi connectivity index (χ2v) is 9.19. The molecular weight excluding hydrogens is 422 g/mol. The van der Waals surface area contributed by atoms with Gasteiger partial charge in [0.15, 0.2) is 6.10 Å². The lowest BCUT2D eigenvalue weighted by Gasteiger charge is -2.23. The van der Waals surface area contributed by atoms with Crippen LogP contribution in [-0.2, 0) is 19.6 Å². The van der Waals surface area contributed by atoms with Crippen molar-refractivity contribution >= 4 is 33.2 Å². The lowest BCUT2D eigenvalue weighted by molar-refractivity contribution is -0.122. The van der Waals surface area contributed by atoms with Crippen LogP contribution in [0, 0.1) is 0 Å². The summed E-state index contributed by atoms with van der Waals surface area (Å²) in [6.45, 7) is 2.52. The Labute approximate surface area is 180 Å². The van der Waals surface area contributed by atoms with Crippen LogP contribution in [0.25, 0.3) is 0 Å². The van der Waals surface area contributed by atoms with E-state index in [1.807, 2.05) is 0 Å². The van der Waals surface area contributed by atoms with E-state index in [9.17, 15) is 18.0 Å². The Kier molecular flexibility index (Phi) is 5.94. The summed E-state index contributed by atoms with van der Waals surface area (Å²) in [5, 5.41) is 5.45. The fraction of sp³-hybridized carbons (Fsp3) is 0.333. The normalized spacial score (nSPS) is 20.5. The molecule has 1 fully saturated rings. The molecule has 10 heteroatoms. The minimum absolute atomic E-state index is 0.0739. The number of sulfonamides is 1. The van der Waals surface area contributed by atoms with Crippen LogP contribution in [0.3, 0.4) is 0 Å². The lowest BCUT2D eigenvalue weighted by atomic mass is 10.2. The summed E-state index contributed by atoms with van der Waals surface area (Å²) < 4.78 is 38.3. The van der Waals surface area contributed by atoms with Crippen molar-refractivity contribution in [3.8, 4) is 5.75 Å². The smallest absolute Gasteiger partial charge is 0.265 e. The molecule has 31 heavy (non-hydrogen) atoms. The Hall–Kier alpha value is -2.95. The van der Waals surface area contributed by atoms with Crippen LogP contribution >= 0.6 is 0 Å². The Morgan fingerprint density at radius 1 is 1.19 bits per heavy atom. The van der Waals surface area contributed by atoms with Gasteiger partial charge in [0.25, 0.3) is 11.8 Å². The first-order valence-electron chi connectivity index (χ1n) is 9.96. The van der Waals surface area contributed by atoms with E-state index in [2.05, 4.69) is 15.4 Å². The summed E-state index contributed by atoms with van der Waals surface area (Å²) in [6, 6.07) is 10.6. The van der Waals surface area contributed by atoms with Gasteiger partial charge in [-0.25, -0.2) is 13.1 Å². The van der Waals surface area contributed by atoms with Crippen molar-refractivity contribution in [3.05, 3.63) is 48.0 Å². The Bertz CT molecular complexity index is 1090. The summed E-state index contributed by atoms with van der Waals surface area (Å²) in [4.78, 5) is 24.4. The van der Waals surface area contributed by atoms with Gasteiger partial charge in [-0.05, 0) is 62.2 Å². The van der Waals surface area contributed by atoms with Gasteiger partial charge in [0.05, 0.1) is 16.7 Å². The van der Waals surface area contributed by atoms with Gasteiger partial charge in [-0.1, -0.05) is 0 Å². The number of amides is 2. The zero-order valence-electron chi connectivity index (χ0n) is 16.9. The molecule has 2 atom stereocenters. The highest BCUT2D eigenvalue weighted by molar-refractivity contribution is 7.89. The Morgan fingerprint density at radius 2 is 1.97 bits per heavy atom. The van der Waals surface area contributed by atoms with Crippen molar-refractivity contribution in [2.45, 2.75) is 36.9 Å². The van der Waals surface area contributed by atoms with Crippen molar-refractivity contribution in [2.75, 3.05) is 23.8 Å². The maximum atomic E-state index is 12.5. The highest BCUT2D eigenvalue weighted by Crippen LogP contribution is 2.32. The molecule has 0 unspecified atom stereocenters. The number of hydrogen-bond acceptors (Lipinski definition) is 6. The maximum Gasteiger partial charge on any atom is 0.265 e. The summed E-state index contributed by atoms with van der Waals surface area (Å²) in [5.41, 5.74) is 1.24. The van der Waals surface area contributed by atoms with Crippen molar-refractivity contribution < 1.29 is 27.5 Å². The van der Waals surface area contributed by atoms with Gasteiger partial charge in [-0.3, -0.25) is 9.59 Å². The molecule has 1 saturated heterocycles. The third kappa shape index (κ3) is 4.87. The molecule has 2 aromatic rings. The van der Waals surface area contributed by atoms with E-state index in [0.717, 1.165) is 12.8 Å². The molecular formula is C21H23N3O6S. The molecule has 3 N–H and O–H groups in total. The topological polar surface area (TPSA) is 123 Å². The summed E-state index contributed by atoms with van der Waals surface area (Å²) in [7, 11) is -3.68. The van der Waals surface area contributed by atoms with Gasteiger partial charge in [0.2, 0.25) is 10.0 Å². The highest BCUT2D eigenvalue weighted by atomic mass is 32.2. The summed E-state index contributed by atoms with van der Waals surface area (Å²) in [6.07, 6.45) is 1.08. The molecule has 0 aliphatic carbocycles. The van der Waals surface area contributed by atoms with Crippen molar-refractivity contribution in [2.24, 2.45) is 0 Å². The number of ether oxygens (including phenoxy) is 2. The summed E-state index contributed by atoms with van der Waals surface area (Å²) >= 11 is 0. The average molecular weight is 445 g/mol. The zero-order valence-corrected chi connectivity index (χ0v) is 17.7. The van der Waals surface area contributed by atoms with Crippen LogP contribution in [0.15, 0.2) is 47.4 Å². The molecule has 0 saturated carbocycles. The number of carbonyl (C=O) groups excluding carboxylic acids is 2. The predicted octanol–water partition coefficient (Wildman–Crippen LogP) is 2.12. The largest absolute Gasteiger partial charge is 0.479 e. The minimum atomic E-state index is -3.68. The monoisotopic (exact) mass is 445 g/mol. The van der Waals surface area contributed by atoms with E-state index >= 15 is 0 Å².